The standard InChI is InChI=1S/C26H23BrN2O4/c1-17-4-10-23(31-2)22(12-17)29-26(30)20(15-28)13-19-7-11-24(25(14-19)32-3)33-16-18-5-8-21(27)9-6-18/h4-14H,16H2,1-3H3,(H,29,30)/b20-13+. The highest BCUT2D eigenvalue weighted by Crippen LogP contribution is 2.30. The van der Waals surface area contributed by atoms with E-state index < -0.39 is 5.91 Å². The van der Waals surface area contributed by atoms with Gasteiger partial charge in [0.15, 0.2) is 11.5 Å². The number of nitriles is 1. The minimum atomic E-state index is -0.532. The zero-order valence-electron chi connectivity index (χ0n) is 18.5. The van der Waals surface area contributed by atoms with Crippen LogP contribution >= 0.6 is 15.9 Å². The molecule has 1 amide bonds. The van der Waals surface area contributed by atoms with Crippen LogP contribution in [0.3, 0.4) is 0 Å². The Morgan fingerprint density at radius 1 is 1.00 bits per heavy atom. The molecule has 0 spiro atoms. The van der Waals surface area contributed by atoms with E-state index in [2.05, 4.69) is 21.2 Å². The Kier molecular flexibility index (Phi) is 8.11. The van der Waals surface area contributed by atoms with Crippen molar-refractivity contribution in [2.45, 2.75) is 13.5 Å². The van der Waals surface area contributed by atoms with Gasteiger partial charge in [0.25, 0.3) is 5.91 Å². The summed E-state index contributed by atoms with van der Waals surface area (Å²) in [6, 6.07) is 20.4. The van der Waals surface area contributed by atoms with Crippen molar-refractivity contribution in [3.8, 4) is 23.3 Å². The van der Waals surface area contributed by atoms with Crippen LogP contribution in [-0.2, 0) is 11.4 Å². The van der Waals surface area contributed by atoms with Gasteiger partial charge >= 0.3 is 0 Å². The van der Waals surface area contributed by atoms with Crippen molar-refractivity contribution in [2.24, 2.45) is 0 Å². The maximum absolute atomic E-state index is 12.7. The van der Waals surface area contributed by atoms with Gasteiger partial charge in [-0.3, -0.25) is 4.79 Å². The molecule has 0 atom stereocenters. The monoisotopic (exact) mass is 506 g/mol. The van der Waals surface area contributed by atoms with Crippen molar-refractivity contribution in [1.29, 1.82) is 5.26 Å². The van der Waals surface area contributed by atoms with Crippen LogP contribution in [0, 0.1) is 18.3 Å². The molecule has 0 heterocycles. The number of hydrogen-bond donors (Lipinski definition) is 1. The number of anilines is 1. The number of methoxy groups -OCH3 is 2. The summed E-state index contributed by atoms with van der Waals surface area (Å²) >= 11 is 3.41. The number of halogens is 1. The molecule has 1 N–H and O–H groups in total. The second-order valence-electron chi connectivity index (χ2n) is 7.15. The number of carbonyl (C=O) groups is 1. The second-order valence-corrected chi connectivity index (χ2v) is 8.07. The lowest BCUT2D eigenvalue weighted by Gasteiger charge is -2.12. The predicted octanol–water partition coefficient (Wildman–Crippen LogP) is 5.90. The van der Waals surface area contributed by atoms with Crippen molar-refractivity contribution in [1.82, 2.24) is 0 Å². The fourth-order valence-electron chi connectivity index (χ4n) is 3.06. The van der Waals surface area contributed by atoms with Gasteiger partial charge in [-0.25, -0.2) is 0 Å². The van der Waals surface area contributed by atoms with E-state index in [1.807, 2.05) is 43.3 Å². The van der Waals surface area contributed by atoms with Gasteiger partial charge in [-0.15, -0.1) is 0 Å². The highest BCUT2D eigenvalue weighted by Gasteiger charge is 2.14. The SMILES string of the molecule is COc1ccc(C)cc1NC(=O)/C(C#N)=C/c1ccc(OCc2ccc(Br)cc2)c(OC)c1. The van der Waals surface area contributed by atoms with E-state index in [-0.39, 0.29) is 5.57 Å². The summed E-state index contributed by atoms with van der Waals surface area (Å²) in [6.07, 6.45) is 1.50. The molecule has 6 nitrogen and oxygen atoms in total. The molecule has 33 heavy (non-hydrogen) atoms. The lowest BCUT2D eigenvalue weighted by Crippen LogP contribution is -2.14. The maximum Gasteiger partial charge on any atom is 0.266 e. The van der Waals surface area contributed by atoms with Crippen molar-refractivity contribution in [2.75, 3.05) is 19.5 Å². The van der Waals surface area contributed by atoms with Gasteiger partial charge in [0.05, 0.1) is 19.9 Å². The van der Waals surface area contributed by atoms with Crippen molar-refractivity contribution < 1.29 is 19.0 Å². The number of nitrogens with one attached hydrogen (secondary N) is 1. The topological polar surface area (TPSA) is 80.6 Å². The lowest BCUT2D eigenvalue weighted by atomic mass is 10.1. The molecular weight excluding hydrogens is 484 g/mol. The molecule has 0 aromatic heterocycles. The third-order valence-electron chi connectivity index (χ3n) is 4.77. The zero-order valence-corrected chi connectivity index (χ0v) is 20.1. The number of ether oxygens (including phenoxy) is 3. The Morgan fingerprint density at radius 2 is 1.70 bits per heavy atom. The largest absolute Gasteiger partial charge is 0.495 e. The molecule has 168 valence electrons. The number of hydrogen-bond acceptors (Lipinski definition) is 5. The average molecular weight is 507 g/mol. The van der Waals surface area contributed by atoms with Crippen LogP contribution in [0.2, 0.25) is 0 Å². The van der Waals surface area contributed by atoms with Gasteiger partial charge in [-0.1, -0.05) is 40.2 Å². The van der Waals surface area contributed by atoms with E-state index in [4.69, 9.17) is 14.2 Å². The van der Waals surface area contributed by atoms with E-state index in [1.54, 1.807) is 30.3 Å². The molecule has 0 aliphatic heterocycles. The third kappa shape index (κ3) is 6.37. The first kappa shape index (κ1) is 23.9. The van der Waals surface area contributed by atoms with Gasteiger partial charge in [0, 0.05) is 4.47 Å². The van der Waals surface area contributed by atoms with Crippen LogP contribution in [0.5, 0.6) is 17.2 Å². The van der Waals surface area contributed by atoms with E-state index in [1.165, 1.54) is 20.3 Å². The number of rotatable bonds is 8. The van der Waals surface area contributed by atoms with Gasteiger partial charge in [-0.05, 0) is 66.1 Å². The van der Waals surface area contributed by atoms with E-state index in [0.717, 1.165) is 15.6 Å². The van der Waals surface area contributed by atoms with Crippen molar-refractivity contribution in [3.05, 3.63) is 87.4 Å². The minimum Gasteiger partial charge on any atom is -0.495 e. The number of nitrogens with zero attached hydrogens (tertiary/aromatic N) is 1. The zero-order chi connectivity index (χ0) is 23.8. The Hall–Kier alpha value is -3.76. The van der Waals surface area contributed by atoms with Crippen LogP contribution in [0.15, 0.2) is 70.7 Å². The molecule has 0 fully saturated rings. The summed E-state index contributed by atoms with van der Waals surface area (Å²) in [5, 5.41) is 12.3. The first-order valence-corrected chi connectivity index (χ1v) is 10.9. The van der Waals surface area contributed by atoms with E-state index in [0.29, 0.717) is 35.1 Å². The Bertz CT molecular complexity index is 1210. The molecular formula is C26H23BrN2O4. The van der Waals surface area contributed by atoms with Crippen LogP contribution in [-0.4, -0.2) is 20.1 Å². The summed E-state index contributed by atoms with van der Waals surface area (Å²) in [4.78, 5) is 12.7. The predicted molar refractivity (Wildman–Crippen MR) is 131 cm³/mol. The van der Waals surface area contributed by atoms with Crippen LogP contribution in [0.25, 0.3) is 6.08 Å². The van der Waals surface area contributed by atoms with Crippen molar-refractivity contribution >= 4 is 33.6 Å². The smallest absolute Gasteiger partial charge is 0.266 e. The van der Waals surface area contributed by atoms with Gasteiger partial charge in [0.2, 0.25) is 0 Å². The molecule has 0 saturated carbocycles. The number of benzene rings is 3. The fraction of sp³-hybridized carbons (Fsp3) is 0.154. The van der Waals surface area contributed by atoms with Crippen molar-refractivity contribution in [3.63, 3.8) is 0 Å². The fourth-order valence-corrected chi connectivity index (χ4v) is 3.32. The summed E-state index contributed by atoms with van der Waals surface area (Å²) in [5.74, 6) is 1.04. The van der Waals surface area contributed by atoms with E-state index in [9.17, 15) is 10.1 Å². The number of amides is 1. The Morgan fingerprint density at radius 3 is 2.36 bits per heavy atom. The normalized spacial score (nSPS) is 10.8. The highest BCUT2D eigenvalue weighted by molar-refractivity contribution is 9.10. The molecule has 3 aromatic carbocycles. The molecule has 0 unspecified atom stereocenters. The van der Waals surface area contributed by atoms with Crippen LogP contribution in [0.4, 0.5) is 5.69 Å². The molecule has 0 bridgehead atoms. The van der Waals surface area contributed by atoms with E-state index >= 15 is 0 Å². The summed E-state index contributed by atoms with van der Waals surface area (Å²) in [7, 11) is 3.06. The quantitative estimate of drug-likeness (QED) is 0.303. The van der Waals surface area contributed by atoms with Gasteiger partial charge in [-0.2, -0.15) is 5.26 Å². The average Bonchev–Trinajstić information content (AvgIpc) is 2.82. The number of carbonyl (C=O) groups excluding carboxylic acids is 1. The van der Waals surface area contributed by atoms with Gasteiger partial charge in [0.1, 0.15) is 24.0 Å². The summed E-state index contributed by atoms with van der Waals surface area (Å²) < 4.78 is 17.6. The van der Waals surface area contributed by atoms with Crippen LogP contribution < -0.4 is 19.5 Å². The molecule has 0 radical (unpaired) electrons. The Labute approximate surface area is 201 Å². The van der Waals surface area contributed by atoms with Crippen LogP contribution in [0.1, 0.15) is 16.7 Å². The summed E-state index contributed by atoms with van der Waals surface area (Å²) in [6.45, 7) is 2.28. The molecule has 0 saturated heterocycles. The second kappa shape index (κ2) is 11.2. The highest BCUT2D eigenvalue weighted by atomic mass is 79.9. The molecule has 0 aliphatic carbocycles. The summed E-state index contributed by atoms with van der Waals surface area (Å²) in [5.41, 5.74) is 3.05. The Balaban J connectivity index is 1.77. The lowest BCUT2D eigenvalue weighted by molar-refractivity contribution is -0.112. The molecule has 3 rings (SSSR count). The third-order valence-corrected chi connectivity index (χ3v) is 5.30. The minimum absolute atomic E-state index is 0.0517. The molecule has 7 heteroatoms. The maximum atomic E-state index is 12.7. The first-order valence-electron chi connectivity index (χ1n) is 10.1. The molecule has 0 aliphatic rings. The molecule has 3 aromatic rings. The van der Waals surface area contributed by atoms with Gasteiger partial charge < -0.3 is 19.5 Å². The first-order chi connectivity index (χ1) is 15.9. The number of aryl methyl sites for hydroxylation is 1.